The minimum Gasteiger partial charge on any atom is -0.504 e. The summed E-state index contributed by atoms with van der Waals surface area (Å²) in [5, 5.41) is 33.0. The summed E-state index contributed by atoms with van der Waals surface area (Å²) in [6.07, 6.45) is -3.53. The molecule has 0 aliphatic carbocycles. The maximum atomic E-state index is 12.6. The molecule has 0 fully saturated rings. The molecule has 7 nitrogen and oxygen atoms in total. The largest absolute Gasteiger partial charge is 0.504 e. The van der Waals surface area contributed by atoms with E-state index >= 15 is 0 Å². The first-order valence-electron chi connectivity index (χ1n) is 6.35. The topological polar surface area (TPSA) is 108 Å². The van der Waals surface area contributed by atoms with Crippen LogP contribution in [0.5, 0.6) is 11.5 Å². The number of aromatic hydroxyl groups is 2. The van der Waals surface area contributed by atoms with Gasteiger partial charge in [-0.05, 0) is 35.9 Å². The molecule has 2 aromatic rings. The Kier molecular flexibility index (Phi) is 4.58. The summed E-state index contributed by atoms with van der Waals surface area (Å²) in [7, 11) is 0. The van der Waals surface area contributed by atoms with Gasteiger partial charge in [0.15, 0.2) is 11.5 Å². The lowest BCUT2D eigenvalue weighted by Crippen LogP contribution is -2.06. The number of halogens is 3. The Labute approximate surface area is 132 Å². The summed E-state index contributed by atoms with van der Waals surface area (Å²) >= 11 is 0. The number of phenolic OH excluding ortho intramolecular Hbond substituents is 2. The number of hydrogen-bond donors (Lipinski definition) is 3. The van der Waals surface area contributed by atoms with Crippen molar-refractivity contribution in [1.29, 1.82) is 0 Å². The highest BCUT2D eigenvalue weighted by atomic mass is 19.4. The van der Waals surface area contributed by atoms with E-state index in [1.54, 1.807) is 0 Å². The fourth-order valence-corrected chi connectivity index (χ4v) is 1.75. The van der Waals surface area contributed by atoms with Crippen molar-refractivity contribution in [2.75, 3.05) is 5.43 Å². The second-order valence-electron chi connectivity index (χ2n) is 4.60. The maximum Gasteiger partial charge on any atom is 0.416 e. The van der Waals surface area contributed by atoms with Gasteiger partial charge in [0, 0.05) is 6.07 Å². The number of hydrazone groups is 1. The average molecular weight is 341 g/mol. The molecule has 0 saturated heterocycles. The molecule has 0 aliphatic heterocycles. The zero-order valence-corrected chi connectivity index (χ0v) is 11.8. The van der Waals surface area contributed by atoms with Gasteiger partial charge < -0.3 is 10.2 Å². The molecular weight excluding hydrogens is 331 g/mol. The monoisotopic (exact) mass is 341 g/mol. The van der Waals surface area contributed by atoms with Gasteiger partial charge in [-0.3, -0.25) is 15.5 Å². The second kappa shape index (κ2) is 6.44. The number of rotatable bonds is 4. The Morgan fingerprint density at radius 1 is 1.12 bits per heavy atom. The summed E-state index contributed by atoms with van der Waals surface area (Å²) in [5.41, 5.74) is 0.469. The van der Waals surface area contributed by atoms with E-state index in [1.807, 2.05) is 0 Å². The lowest BCUT2D eigenvalue weighted by atomic mass is 10.1. The Morgan fingerprint density at radius 3 is 2.42 bits per heavy atom. The lowest BCUT2D eigenvalue weighted by Gasteiger charge is -2.08. The molecule has 2 aromatic carbocycles. The predicted octanol–water partition coefficient (Wildman–Crippen LogP) is 3.47. The van der Waals surface area contributed by atoms with Crippen LogP contribution in [0.3, 0.4) is 0 Å². The molecule has 0 spiro atoms. The molecule has 10 heteroatoms. The average Bonchev–Trinajstić information content (AvgIpc) is 2.50. The summed E-state index contributed by atoms with van der Waals surface area (Å²) in [5.74, 6) is -0.724. The third kappa shape index (κ3) is 3.91. The number of anilines is 1. The smallest absolute Gasteiger partial charge is 0.416 e. The van der Waals surface area contributed by atoms with E-state index in [0.717, 1.165) is 6.07 Å². The van der Waals surface area contributed by atoms with Crippen LogP contribution in [0.4, 0.5) is 24.5 Å². The SMILES string of the molecule is O=[N+]([O-])c1cc(C(F)(F)F)ccc1N/N=C/c1ccc(O)c(O)c1. The number of hydrogen-bond acceptors (Lipinski definition) is 6. The third-order valence-electron chi connectivity index (χ3n) is 2.92. The van der Waals surface area contributed by atoms with Crippen molar-refractivity contribution in [3.8, 4) is 11.5 Å². The standard InChI is InChI=1S/C14H10F3N3O4/c15-14(16,17)9-2-3-10(11(6-9)20(23)24)19-18-7-8-1-4-12(21)13(22)5-8/h1-7,19,21-22H/b18-7+. The first kappa shape index (κ1) is 17.1. The van der Waals surface area contributed by atoms with Crippen LogP contribution in [-0.4, -0.2) is 21.4 Å². The quantitative estimate of drug-likeness (QED) is 0.341. The summed E-state index contributed by atoms with van der Waals surface area (Å²) < 4.78 is 37.8. The highest BCUT2D eigenvalue weighted by Crippen LogP contribution is 2.35. The number of nitro benzene ring substituents is 1. The van der Waals surface area contributed by atoms with Crippen LogP contribution in [0, 0.1) is 10.1 Å². The first-order chi connectivity index (χ1) is 11.2. The van der Waals surface area contributed by atoms with Gasteiger partial charge in [-0.1, -0.05) is 0 Å². The van der Waals surface area contributed by atoms with E-state index in [-0.39, 0.29) is 17.2 Å². The number of phenols is 2. The van der Waals surface area contributed by atoms with E-state index in [2.05, 4.69) is 10.5 Å². The fraction of sp³-hybridized carbons (Fsp3) is 0.0714. The molecule has 24 heavy (non-hydrogen) atoms. The van der Waals surface area contributed by atoms with Gasteiger partial charge in [0.1, 0.15) is 5.69 Å². The van der Waals surface area contributed by atoms with Gasteiger partial charge in [0.25, 0.3) is 5.69 Å². The molecule has 0 aromatic heterocycles. The van der Waals surface area contributed by atoms with Crippen molar-refractivity contribution in [1.82, 2.24) is 0 Å². The minimum absolute atomic E-state index is 0.229. The van der Waals surface area contributed by atoms with Crippen LogP contribution in [0.25, 0.3) is 0 Å². The van der Waals surface area contributed by atoms with Gasteiger partial charge in [0.2, 0.25) is 0 Å². The van der Waals surface area contributed by atoms with Crippen LogP contribution in [0.15, 0.2) is 41.5 Å². The van der Waals surface area contributed by atoms with Gasteiger partial charge in [-0.15, -0.1) is 0 Å². The summed E-state index contributed by atoms with van der Waals surface area (Å²) in [6.45, 7) is 0. The lowest BCUT2D eigenvalue weighted by molar-refractivity contribution is -0.384. The number of alkyl halides is 3. The zero-order valence-electron chi connectivity index (χ0n) is 11.8. The van der Waals surface area contributed by atoms with Crippen molar-refractivity contribution in [3.05, 3.63) is 57.6 Å². The van der Waals surface area contributed by atoms with E-state index in [9.17, 15) is 28.4 Å². The van der Waals surface area contributed by atoms with Crippen LogP contribution < -0.4 is 5.43 Å². The molecule has 0 heterocycles. The Morgan fingerprint density at radius 2 is 1.83 bits per heavy atom. The van der Waals surface area contributed by atoms with E-state index in [0.29, 0.717) is 17.7 Å². The molecule has 126 valence electrons. The van der Waals surface area contributed by atoms with Crippen LogP contribution in [0.2, 0.25) is 0 Å². The molecule has 2 rings (SSSR count). The number of nitrogens with zero attached hydrogens (tertiary/aromatic N) is 2. The van der Waals surface area contributed by atoms with Gasteiger partial charge in [-0.2, -0.15) is 18.3 Å². The van der Waals surface area contributed by atoms with Crippen molar-refractivity contribution in [2.45, 2.75) is 6.18 Å². The molecule has 0 atom stereocenters. The second-order valence-corrected chi connectivity index (χ2v) is 4.60. The number of nitro groups is 1. The molecule has 0 bridgehead atoms. The van der Waals surface area contributed by atoms with E-state index in [4.69, 9.17) is 5.11 Å². The molecule has 3 N–H and O–H groups in total. The van der Waals surface area contributed by atoms with Gasteiger partial charge in [-0.25, -0.2) is 0 Å². The van der Waals surface area contributed by atoms with Crippen molar-refractivity contribution in [2.24, 2.45) is 5.10 Å². The molecule has 0 radical (unpaired) electrons. The zero-order chi connectivity index (χ0) is 17.9. The highest BCUT2D eigenvalue weighted by molar-refractivity contribution is 5.81. The molecule has 0 saturated carbocycles. The predicted molar refractivity (Wildman–Crippen MR) is 79.1 cm³/mol. The summed E-state index contributed by atoms with van der Waals surface area (Å²) in [6, 6.07) is 5.79. The van der Waals surface area contributed by atoms with Gasteiger partial charge >= 0.3 is 6.18 Å². The normalized spacial score (nSPS) is 11.6. The molecule has 0 unspecified atom stereocenters. The first-order valence-corrected chi connectivity index (χ1v) is 6.35. The maximum absolute atomic E-state index is 12.6. The fourth-order valence-electron chi connectivity index (χ4n) is 1.75. The van der Waals surface area contributed by atoms with Crippen LogP contribution in [-0.2, 0) is 6.18 Å². The molecule has 0 amide bonds. The number of benzene rings is 2. The third-order valence-corrected chi connectivity index (χ3v) is 2.92. The Hall–Kier alpha value is -3.30. The van der Waals surface area contributed by atoms with E-state index < -0.39 is 22.4 Å². The van der Waals surface area contributed by atoms with Crippen molar-refractivity contribution < 1.29 is 28.3 Å². The molecule has 0 aliphatic rings. The molecular formula is C14H10F3N3O4. The van der Waals surface area contributed by atoms with Crippen molar-refractivity contribution >= 4 is 17.6 Å². The van der Waals surface area contributed by atoms with E-state index in [1.165, 1.54) is 24.4 Å². The Bertz CT molecular complexity index is 806. The number of nitrogens with one attached hydrogen (secondary N) is 1. The van der Waals surface area contributed by atoms with Crippen LogP contribution >= 0.6 is 0 Å². The summed E-state index contributed by atoms with van der Waals surface area (Å²) in [4.78, 5) is 9.94. The Balaban J connectivity index is 2.24. The highest BCUT2D eigenvalue weighted by Gasteiger charge is 2.33. The minimum atomic E-state index is -4.70. The van der Waals surface area contributed by atoms with Crippen molar-refractivity contribution in [3.63, 3.8) is 0 Å². The van der Waals surface area contributed by atoms with Crippen LogP contribution in [0.1, 0.15) is 11.1 Å². The van der Waals surface area contributed by atoms with Gasteiger partial charge in [0.05, 0.1) is 16.7 Å².